The molecule has 0 amide bonds. The van der Waals surface area contributed by atoms with E-state index in [2.05, 4.69) is 4.99 Å². The van der Waals surface area contributed by atoms with Crippen molar-refractivity contribution in [1.82, 2.24) is 0 Å². The molecular formula is C6H11NO. The summed E-state index contributed by atoms with van der Waals surface area (Å²) in [4.78, 5) is 4.04. The first-order valence-corrected chi connectivity index (χ1v) is 2.79. The lowest BCUT2D eigenvalue weighted by Crippen LogP contribution is -1.96. The molecule has 0 aromatic carbocycles. The minimum Gasteiger partial charge on any atom is -0.479 e. The van der Waals surface area contributed by atoms with Gasteiger partial charge in [-0.05, 0) is 6.42 Å². The second kappa shape index (κ2) is 2.70. The maximum Gasteiger partial charge on any atom is 0.183 e. The predicted molar refractivity (Wildman–Crippen MR) is 33.2 cm³/mol. The lowest BCUT2D eigenvalue weighted by Gasteiger charge is -1.95. The van der Waals surface area contributed by atoms with E-state index in [1.165, 1.54) is 0 Å². The summed E-state index contributed by atoms with van der Waals surface area (Å²) in [6.45, 7) is 0.679. The van der Waals surface area contributed by atoms with E-state index in [0.717, 1.165) is 12.4 Å². The average Bonchev–Trinajstić information content (AvgIpc) is 2.34. The fraction of sp³-hybridized carbons (Fsp3) is 0.833. The first-order valence-electron chi connectivity index (χ1n) is 3.95. The minimum atomic E-state index is -0.744. The zero-order valence-electron chi connectivity index (χ0n) is 6.76. The standard InChI is InChI=1S/C6H11NO/c1-2-3-6-7-4-5-8-6/h2-5H2,1H3/i1D2. The van der Waals surface area contributed by atoms with Gasteiger partial charge in [-0.2, -0.15) is 0 Å². The highest BCUT2D eigenvalue weighted by atomic mass is 16.5. The maximum atomic E-state index is 6.90. The van der Waals surface area contributed by atoms with E-state index in [-0.39, 0.29) is 0 Å². The van der Waals surface area contributed by atoms with Crippen LogP contribution in [0.4, 0.5) is 0 Å². The molecule has 1 aliphatic rings. The van der Waals surface area contributed by atoms with E-state index in [1.54, 1.807) is 0 Å². The van der Waals surface area contributed by atoms with Crippen LogP contribution in [0.1, 0.15) is 22.5 Å². The SMILES string of the molecule is [2H]C([2H])CCC1=NCCO1. The molecule has 0 N–H and O–H groups in total. The van der Waals surface area contributed by atoms with E-state index in [1.807, 2.05) is 0 Å². The summed E-state index contributed by atoms with van der Waals surface area (Å²) < 4.78 is 18.9. The Kier molecular flexibility index (Phi) is 1.18. The summed E-state index contributed by atoms with van der Waals surface area (Å²) in [5.41, 5.74) is 0. The van der Waals surface area contributed by atoms with Crippen LogP contribution in [0.5, 0.6) is 0 Å². The van der Waals surface area contributed by atoms with Gasteiger partial charge in [0, 0.05) is 9.16 Å². The van der Waals surface area contributed by atoms with Gasteiger partial charge in [-0.3, -0.25) is 4.99 Å². The molecule has 0 spiro atoms. The molecule has 46 valence electrons. The van der Waals surface area contributed by atoms with Crippen molar-refractivity contribution < 1.29 is 7.48 Å². The number of hydrogen-bond acceptors (Lipinski definition) is 2. The van der Waals surface area contributed by atoms with Crippen LogP contribution < -0.4 is 0 Å². The lowest BCUT2D eigenvalue weighted by molar-refractivity contribution is 0.338. The Labute approximate surface area is 52.4 Å². The molecule has 0 fully saturated rings. The van der Waals surface area contributed by atoms with Crippen molar-refractivity contribution in [3.63, 3.8) is 0 Å². The van der Waals surface area contributed by atoms with Crippen molar-refractivity contribution in [1.29, 1.82) is 0 Å². The summed E-state index contributed by atoms with van der Waals surface area (Å²) in [6, 6.07) is 0. The molecule has 8 heavy (non-hydrogen) atoms. The molecule has 0 aromatic heterocycles. The number of nitrogens with zero attached hydrogens (tertiary/aromatic N) is 1. The lowest BCUT2D eigenvalue weighted by atomic mass is 10.3. The highest BCUT2D eigenvalue weighted by molar-refractivity contribution is 5.77. The van der Waals surface area contributed by atoms with Crippen LogP contribution in [0.25, 0.3) is 0 Å². The molecule has 0 bridgehead atoms. The third-order valence-electron chi connectivity index (χ3n) is 1.01. The minimum absolute atomic E-state index is 0.527. The van der Waals surface area contributed by atoms with Gasteiger partial charge in [0.05, 0.1) is 6.54 Å². The molecular weight excluding hydrogens is 102 g/mol. The first kappa shape index (κ1) is 3.49. The molecule has 2 nitrogen and oxygen atoms in total. The summed E-state index contributed by atoms with van der Waals surface area (Å²) >= 11 is 0. The van der Waals surface area contributed by atoms with Crippen LogP contribution in [-0.2, 0) is 4.74 Å². The first-order chi connectivity index (χ1) is 4.79. The number of hydrogen-bond donors (Lipinski definition) is 0. The fourth-order valence-corrected chi connectivity index (χ4v) is 0.654. The molecule has 0 radical (unpaired) electrons. The normalized spacial score (nSPS) is 21.9. The Morgan fingerprint density at radius 3 is 3.62 bits per heavy atom. The predicted octanol–water partition coefficient (Wildman–Crippen LogP) is 1.22. The van der Waals surface area contributed by atoms with Gasteiger partial charge in [0.1, 0.15) is 6.61 Å². The Morgan fingerprint density at radius 1 is 2.00 bits per heavy atom. The molecule has 0 atom stereocenters. The molecule has 1 rings (SSSR count). The van der Waals surface area contributed by atoms with Crippen molar-refractivity contribution in [2.45, 2.75) is 19.7 Å². The van der Waals surface area contributed by atoms with E-state index in [0.29, 0.717) is 19.4 Å². The van der Waals surface area contributed by atoms with Gasteiger partial charge >= 0.3 is 0 Å². The van der Waals surface area contributed by atoms with Gasteiger partial charge in [-0.25, -0.2) is 0 Å². The Morgan fingerprint density at radius 2 is 3.00 bits per heavy atom. The molecule has 0 aromatic rings. The van der Waals surface area contributed by atoms with Gasteiger partial charge in [0.2, 0.25) is 0 Å². The van der Waals surface area contributed by atoms with Crippen LogP contribution in [0.3, 0.4) is 0 Å². The highest BCUT2D eigenvalue weighted by Gasteiger charge is 2.03. The van der Waals surface area contributed by atoms with Crippen molar-refractivity contribution in [3.8, 4) is 0 Å². The zero-order valence-corrected chi connectivity index (χ0v) is 4.76. The topological polar surface area (TPSA) is 21.6 Å². The van der Waals surface area contributed by atoms with E-state index in [9.17, 15) is 0 Å². The largest absolute Gasteiger partial charge is 0.479 e. The van der Waals surface area contributed by atoms with Crippen LogP contribution >= 0.6 is 0 Å². The number of aliphatic imine (C=N–C) groups is 1. The van der Waals surface area contributed by atoms with Gasteiger partial charge < -0.3 is 4.74 Å². The second-order valence-electron chi connectivity index (χ2n) is 1.66. The molecule has 0 unspecified atom stereocenters. The van der Waals surface area contributed by atoms with E-state index < -0.39 is 6.88 Å². The maximum absolute atomic E-state index is 6.90. The fourth-order valence-electron chi connectivity index (χ4n) is 0.654. The molecule has 2 heteroatoms. The smallest absolute Gasteiger partial charge is 0.183 e. The zero-order chi connectivity index (χ0) is 7.40. The Bertz CT molecular complexity index is 136. The second-order valence-corrected chi connectivity index (χ2v) is 1.66. The summed E-state index contributed by atoms with van der Waals surface area (Å²) in [5.74, 6) is 0.726. The third kappa shape index (κ3) is 1.22. The van der Waals surface area contributed by atoms with Crippen LogP contribution in [0.15, 0.2) is 4.99 Å². The van der Waals surface area contributed by atoms with Crippen molar-refractivity contribution >= 4 is 5.90 Å². The van der Waals surface area contributed by atoms with Crippen LogP contribution in [-0.4, -0.2) is 19.0 Å². The Hall–Kier alpha value is -0.530. The van der Waals surface area contributed by atoms with Crippen molar-refractivity contribution in [2.24, 2.45) is 4.99 Å². The average molecular weight is 115 g/mol. The van der Waals surface area contributed by atoms with Crippen LogP contribution in [0, 0.1) is 0 Å². The van der Waals surface area contributed by atoms with Crippen molar-refractivity contribution in [2.75, 3.05) is 13.2 Å². The van der Waals surface area contributed by atoms with Crippen LogP contribution in [0.2, 0.25) is 0 Å². The summed E-state index contributed by atoms with van der Waals surface area (Å²) in [7, 11) is 0. The highest BCUT2D eigenvalue weighted by Crippen LogP contribution is 1.99. The van der Waals surface area contributed by atoms with E-state index >= 15 is 0 Å². The number of rotatable bonds is 2. The van der Waals surface area contributed by atoms with E-state index in [4.69, 9.17) is 7.48 Å². The quantitative estimate of drug-likeness (QED) is 0.530. The third-order valence-corrected chi connectivity index (χ3v) is 1.01. The van der Waals surface area contributed by atoms with Gasteiger partial charge in [-0.1, -0.05) is 6.88 Å². The molecule has 1 aliphatic heterocycles. The monoisotopic (exact) mass is 115 g/mol. The molecule has 0 saturated heterocycles. The van der Waals surface area contributed by atoms with Gasteiger partial charge in [0.25, 0.3) is 0 Å². The van der Waals surface area contributed by atoms with Crippen molar-refractivity contribution in [3.05, 3.63) is 0 Å². The Balaban J connectivity index is 2.13. The van der Waals surface area contributed by atoms with Gasteiger partial charge in [-0.15, -0.1) is 0 Å². The number of ether oxygens (including phenoxy) is 1. The molecule has 0 aliphatic carbocycles. The summed E-state index contributed by atoms with van der Waals surface area (Å²) in [6.07, 6.45) is 1.18. The molecule has 1 heterocycles. The summed E-state index contributed by atoms with van der Waals surface area (Å²) in [5, 5.41) is 0. The van der Waals surface area contributed by atoms with Gasteiger partial charge in [0.15, 0.2) is 5.90 Å². The molecule has 0 saturated carbocycles.